The van der Waals surface area contributed by atoms with E-state index in [0.717, 1.165) is 34.8 Å². The molecule has 5 nitrogen and oxygen atoms in total. The highest BCUT2D eigenvalue weighted by Gasteiger charge is 2.17. The van der Waals surface area contributed by atoms with Crippen molar-refractivity contribution in [3.63, 3.8) is 0 Å². The van der Waals surface area contributed by atoms with Crippen LogP contribution in [0.4, 0.5) is 5.69 Å². The minimum Gasteiger partial charge on any atom is -0.361 e. The van der Waals surface area contributed by atoms with Crippen LogP contribution in [-0.2, 0) is 7.05 Å². The Morgan fingerprint density at radius 1 is 0.615 bits per heavy atom. The average Bonchev–Trinajstić information content (AvgIpc) is 3.65. The van der Waals surface area contributed by atoms with Gasteiger partial charge in [-0.15, -0.1) is 0 Å². The summed E-state index contributed by atoms with van der Waals surface area (Å²) in [7, 11) is 4.21. The van der Waals surface area contributed by atoms with Gasteiger partial charge in [-0.3, -0.25) is 0 Å². The number of aromatic nitrogens is 3. The van der Waals surface area contributed by atoms with Crippen LogP contribution in [0.1, 0.15) is 0 Å². The topological polar surface area (TPSA) is 29.2 Å². The van der Waals surface area contributed by atoms with Gasteiger partial charge in [0, 0.05) is 54.2 Å². The molecular formula is C34H27N5. The van der Waals surface area contributed by atoms with Crippen molar-refractivity contribution in [3.8, 4) is 17.1 Å². The van der Waals surface area contributed by atoms with Crippen molar-refractivity contribution in [1.82, 2.24) is 19.0 Å². The lowest BCUT2D eigenvalue weighted by atomic mass is 10.1. The van der Waals surface area contributed by atoms with Crippen molar-refractivity contribution in [2.24, 2.45) is 7.05 Å². The van der Waals surface area contributed by atoms with E-state index >= 15 is 0 Å². The first-order valence-corrected chi connectivity index (χ1v) is 13.3. The van der Waals surface area contributed by atoms with E-state index in [1.807, 2.05) is 0 Å². The SMILES string of the molecule is CN1C=CN(c2cccc(-n3c4ccccc4c4ccc(-c5nc6cc7ccccc7cc6n5C)cc43)c2)C1. The highest BCUT2D eigenvalue weighted by atomic mass is 15.3. The molecule has 0 N–H and O–H groups in total. The molecular weight excluding hydrogens is 478 g/mol. The van der Waals surface area contributed by atoms with Crippen LogP contribution in [0.3, 0.4) is 0 Å². The van der Waals surface area contributed by atoms with Crippen molar-refractivity contribution in [2.45, 2.75) is 0 Å². The largest absolute Gasteiger partial charge is 0.361 e. The standard InChI is InChI=1S/C34H27N5/c1-36-16-17-38(22-36)26-10-7-11-27(21-26)39-31-13-6-5-12-28(31)29-15-14-25(20-32(29)39)34-35-30-18-23-8-3-4-9-24(23)19-33(30)37(34)2/h3-21H,22H2,1-2H3. The molecule has 0 fully saturated rings. The van der Waals surface area contributed by atoms with Crippen molar-refractivity contribution in [2.75, 3.05) is 18.6 Å². The molecule has 0 amide bonds. The Kier molecular flexibility index (Phi) is 4.65. The Morgan fingerprint density at radius 3 is 2.23 bits per heavy atom. The maximum atomic E-state index is 5.10. The van der Waals surface area contributed by atoms with Crippen LogP contribution in [0.5, 0.6) is 0 Å². The molecule has 0 atom stereocenters. The van der Waals surface area contributed by atoms with Crippen LogP contribution in [-0.4, -0.2) is 32.7 Å². The van der Waals surface area contributed by atoms with Gasteiger partial charge < -0.3 is 18.9 Å². The average molecular weight is 506 g/mol. The summed E-state index contributed by atoms with van der Waals surface area (Å²) in [5, 5.41) is 4.93. The molecule has 2 aromatic heterocycles. The molecule has 0 unspecified atom stereocenters. The predicted octanol–water partition coefficient (Wildman–Crippen LogP) is 7.67. The Hall–Kier alpha value is -5.03. The first-order chi connectivity index (χ1) is 19.1. The van der Waals surface area contributed by atoms with Crippen LogP contribution in [0.15, 0.2) is 116 Å². The first-order valence-electron chi connectivity index (χ1n) is 13.3. The molecule has 7 aromatic rings. The summed E-state index contributed by atoms with van der Waals surface area (Å²) in [6, 6.07) is 37.2. The van der Waals surface area contributed by atoms with Crippen molar-refractivity contribution < 1.29 is 0 Å². The van der Waals surface area contributed by atoms with E-state index in [-0.39, 0.29) is 0 Å². The molecule has 1 aliphatic rings. The van der Waals surface area contributed by atoms with E-state index in [2.05, 4.69) is 149 Å². The smallest absolute Gasteiger partial charge is 0.140 e. The molecule has 0 radical (unpaired) electrons. The maximum absolute atomic E-state index is 5.10. The highest BCUT2D eigenvalue weighted by Crippen LogP contribution is 2.36. The number of para-hydroxylation sites is 1. The first kappa shape index (κ1) is 22.0. The summed E-state index contributed by atoms with van der Waals surface area (Å²) in [6.07, 6.45) is 4.25. The van der Waals surface area contributed by atoms with Gasteiger partial charge in [0.15, 0.2) is 0 Å². The second-order valence-electron chi connectivity index (χ2n) is 10.5. The van der Waals surface area contributed by atoms with Crippen LogP contribution < -0.4 is 4.90 Å². The van der Waals surface area contributed by atoms with Crippen LogP contribution in [0.25, 0.3) is 60.7 Å². The molecule has 5 aromatic carbocycles. The number of anilines is 1. The van der Waals surface area contributed by atoms with Crippen LogP contribution in [0.2, 0.25) is 0 Å². The molecule has 0 spiro atoms. The van der Waals surface area contributed by atoms with E-state index in [9.17, 15) is 0 Å². The maximum Gasteiger partial charge on any atom is 0.140 e. The van der Waals surface area contributed by atoms with E-state index in [1.54, 1.807) is 0 Å². The summed E-state index contributed by atoms with van der Waals surface area (Å²) in [4.78, 5) is 9.55. The van der Waals surface area contributed by atoms with Gasteiger partial charge in [0.05, 0.1) is 28.7 Å². The Morgan fingerprint density at radius 2 is 1.38 bits per heavy atom. The number of aryl methyl sites for hydroxylation is 1. The molecule has 0 bridgehead atoms. The van der Waals surface area contributed by atoms with E-state index in [0.29, 0.717) is 0 Å². The summed E-state index contributed by atoms with van der Waals surface area (Å²) in [5.74, 6) is 0.970. The molecule has 0 saturated heterocycles. The number of nitrogens with zero attached hydrogens (tertiary/aromatic N) is 5. The Labute approximate surface area is 226 Å². The summed E-state index contributed by atoms with van der Waals surface area (Å²) >= 11 is 0. The third-order valence-electron chi connectivity index (χ3n) is 7.98. The summed E-state index contributed by atoms with van der Waals surface area (Å²) in [6.45, 7) is 0.850. The second kappa shape index (κ2) is 8.23. The molecule has 5 heteroatoms. The van der Waals surface area contributed by atoms with Crippen LogP contribution in [0, 0.1) is 0 Å². The third-order valence-corrected chi connectivity index (χ3v) is 7.98. The van der Waals surface area contributed by atoms with Gasteiger partial charge in [-0.2, -0.15) is 0 Å². The fourth-order valence-electron chi connectivity index (χ4n) is 6.03. The number of hydrogen-bond donors (Lipinski definition) is 0. The number of benzene rings is 5. The van der Waals surface area contributed by atoms with Gasteiger partial charge in [-0.25, -0.2) is 4.98 Å². The molecule has 0 saturated carbocycles. The number of imidazole rings is 1. The van der Waals surface area contributed by atoms with Gasteiger partial charge in [0.25, 0.3) is 0 Å². The van der Waals surface area contributed by atoms with Crippen molar-refractivity contribution in [3.05, 3.63) is 116 Å². The quantitative estimate of drug-likeness (QED) is 0.247. The monoisotopic (exact) mass is 505 g/mol. The minimum absolute atomic E-state index is 0.850. The van der Waals surface area contributed by atoms with Gasteiger partial charge in [0.2, 0.25) is 0 Å². The number of rotatable bonds is 3. The lowest BCUT2D eigenvalue weighted by Gasteiger charge is -2.19. The molecule has 1 aliphatic heterocycles. The third kappa shape index (κ3) is 3.36. The van der Waals surface area contributed by atoms with Gasteiger partial charge in [-0.05, 0) is 53.2 Å². The number of fused-ring (bicyclic) bond motifs is 5. The predicted molar refractivity (Wildman–Crippen MR) is 162 cm³/mol. The zero-order chi connectivity index (χ0) is 26.1. The molecule has 0 aliphatic carbocycles. The lowest BCUT2D eigenvalue weighted by Crippen LogP contribution is -2.21. The fourth-order valence-corrected chi connectivity index (χ4v) is 6.03. The zero-order valence-corrected chi connectivity index (χ0v) is 21.9. The van der Waals surface area contributed by atoms with Crippen molar-refractivity contribution in [1.29, 1.82) is 0 Å². The van der Waals surface area contributed by atoms with E-state index in [4.69, 9.17) is 4.98 Å². The van der Waals surface area contributed by atoms with Gasteiger partial charge in [0.1, 0.15) is 5.82 Å². The lowest BCUT2D eigenvalue weighted by molar-refractivity contribution is 0.496. The zero-order valence-electron chi connectivity index (χ0n) is 21.9. The van der Waals surface area contributed by atoms with Crippen molar-refractivity contribution >= 4 is 49.3 Å². The molecule has 8 rings (SSSR count). The number of hydrogen-bond acceptors (Lipinski definition) is 3. The second-order valence-corrected chi connectivity index (χ2v) is 10.5. The minimum atomic E-state index is 0.850. The summed E-state index contributed by atoms with van der Waals surface area (Å²) < 4.78 is 4.60. The van der Waals surface area contributed by atoms with E-state index < -0.39 is 0 Å². The molecule has 188 valence electrons. The van der Waals surface area contributed by atoms with Gasteiger partial charge in [-0.1, -0.05) is 60.7 Å². The molecule has 39 heavy (non-hydrogen) atoms. The Bertz CT molecular complexity index is 2090. The summed E-state index contributed by atoms with van der Waals surface area (Å²) in [5.41, 5.74) is 7.97. The highest BCUT2D eigenvalue weighted by molar-refractivity contribution is 6.10. The normalized spacial score (nSPS) is 13.6. The van der Waals surface area contributed by atoms with Gasteiger partial charge >= 0.3 is 0 Å². The van der Waals surface area contributed by atoms with E-state index in [1.165, 1.54) is 38.3 Å². The van der Waals surface area contributed by atoms with Crippen LogP contribution >= 0.6 is 0 Å². The fraction of sp³-hybridized carbons (Fsp3) is 0.0882. The Balaban J connectivity index is 1.34. The molecule has 3 heterocycles.